The van der Waals surface area contributed by atoms with E-state index in [-0.39, 0.29) is 0 Å². The third-order valence-electron chi connectivity index (χ3n) is 3.62. The number of methoxy groups -OCH3 is 1. The van der Waals surface area contributed by atoms with E-state index in [4.69, 9.17) is 4.74 Å². The molecule has 0 bridgehead atoms. The summed E-state index contributed by atoms with van der Waals surface area (Å²) in [4.78, 5) is 4.64. The Morgan fingerprint density at radius 2 is 2.21 bits per heavy atom. The molecule has 0 saturated heterocycles. The van der Waals surface area contributed by atoms with Crippen LogP contribution in [0, 0.1) is 6.92 Å². The first-order chi connectivity index (χ1) is 11.7. The molecule has 0 aliphatic heterocycles. The second-order valence-corrected chi connectivity index (χ2v) is 5.52. The molecule has 6 heteroatoms. The number of rotatable bonds is 8. The molecule has 0 atom stereocenters. The Labute approximate surface area is 143 Å². The maximum Gasteiger partial charge on any atom is 0.191 e. The fourth-order valence-corrected chi connectivity index (χ4v) is 2.45. The molecule has 0 saturated carbocycles. The Morgan fingerprint density at radius 1 is 1.33 bits per heavy atom. The summed E-state index contributed by atoms with van der Waals surface area (Å²) in [5, 5.41) is 10.8. The largest absolute Gasteiger partial charge is 0.496 e. The Hall–Kier alpha value is -2.50. The summed E-state index contributed by atoms with van der Waals surface area (Å²) in [5.41, 5.74) is 2.42. The number of aryl methyl sites for hydroxylation is 1. The SMILES string of the molecule is CCNC(=NCCc1cc(C)ccc1OC)NCCn1cccn1. The summed E-state index contributed by atoms with van der Waals surface area (Å²) in [5.74, 6) is 1.75. The number of aromatic nitrogens is 2. The molecule has 0 radical (unpaired) electrons. The smallest absolute Gasteiger partial charge is 0.191 e. The number of hydrogen-bond donors (Lipinski definition) is 2. The van der Waals surface area contributed by atoms with Crippen molar-refractivity contribution in [1.82, 2.24) is 20.4 Å². The van der Waals surface area contributed by atoms with Crippen molar-refractivity contribution in [2.75, 3.05) is 26.7 Å². The normalized spacial score (nSPS) is 11.4. The lowest BCUT2D eigenvalue weighted by molar-refractivity contribution is 0.409. The molecule has 130 valence electrons. The van der Waals surface area contributed by atoms with Crippen LogP contribution >= 0.6 is 0 Å². The number of guanidine groups is 1. The van der Waals surface area contributed by atoms with Crippen LogP contribution in [0.4, 0.5) is 0 Å². The fraction of sp³-hybridized carbons (Fsp3) is 0.444. The molecule has 2 aromatic rings. The van der Waals surface area contributed by atoms with Crippen LogP contribution in [0.5, 0.6) is 5.75 Å². The molecule has 0 fully saturated rings. The molecule has 1 aromatic heterocycles. The topological polar surface area (TPSA) is 63.5 Å². The van der Waals surface area contributed by atoms with Gasteiger partial charge in [-0.25, -0.2) is 0 Å². The lowest BCUT2D eigenvalue weighted by Crippen LogP contribution is -2.39. The first-order valence-corrected chi connectivity index (χ1v) is 8.36. The molecule has 0 spiro atoms. The standard InChI is InChI=1S/C18H27N5O/c1-4-19-18(21-11-13-23-12-5-9-22-23)20-10-8-16-14-15(2)6-7-17(16)24-3/h5-7,9,12,14H,4,8,10-11,13H2,1-3H3,(H2,19,20,21). The van der Waals surface area contributed by atoms with E-state index in [9.17, 15) is 0 Å². The molecule has 2 rings (SSSR count). The third-order valence-corrected chi connectivity index (χ3v) is 3.62. The second-order valence-electron chi connectivity index (χ2n) is 5.52. The van der Waals surface area contributed by atoms with Gasteiger partial charge in [-0.15, -0.1) is 0 Å². The highest BCUT2D eigenvalue weighted by Gasteiger charge is 2.03. The zero-order valence-electron chi connectivity index (χ0n) is 14.7. The van der Waals surface area contributed by atoms with Crippen molar-refractivity contribution in [2.45, 2.75) is 26.8 Å². The van der Waals surface area contributed by atoms with Crippen molar-refractivity contribution < 1.29 is 4.74 Å². The quantitative estimate of drug-likeness (QED) is 0.574. The summed E-state index contributed by atoms with van der Waals surface area (Å²) < 4.78 is 7.32. The summed E-state index contributed by atoms with van der Waals surface area (Å²) in [6.07, 6.45) is 4.59. The van der Waals surface area contributed by atoms with Gasteiger partial charge < -0.3 is 15.4 Å². The van der Waals surface area contributed by atoms with Crippen LogP contribution in [0.15, 0.2) is 41.7 Å². The van der Waals surface area contributed by atoms with Gasteiger partial charge in [0, 0.05) is 32.0 Å². The van der Waals surface area contributed by atoms with Crippen molar-refractivity contribution in [2.24, 2.45) is 4.99 Å². The molecule has 0 amide bonds. The van der Waals surface area contributed by atoms with Gasteiger partial charge in [-0.2, -0.15) is 5.10 Å². The fourth-order valence-electron chi connectivity index (χ4n) is 2.45. The second kappa shape index (κ2) is 9.60. The van der Waals surface area contributed by atoms with Crippen LogP contribution in [0.25, 0.3) is 0 Å². The minimum atomic E-state index is 0.705. The Bertz CT molecular complexity index is 637. The lowest BCUT2D eigenvalue weighted by Gasteiger charge is -2.12. The zero-order chi connectivity index (χ0) is 17.2. The molecule has 0 unspecified atom stereocenters. The number of nitrogens with zero attached hydrogens (tertiary/aromatic N) is 3. The van der Waals surface area contributed by atoms with Gasteiger partial charge >= 0.3 is 0 Å². The Balaban J connectivity index is 1.87. The van der Waals surface area contributed by atoms with E-state index in [1.165, 1.54) is 11.1 Å². The molecule has 0 aliphatic carbocycles. The van der Waals surface area contributed by atoms with Crippen molar-refractivity contribution in [1.29, 1.82) is 0 Å². The third kappa shape index (κ3) is 5.61. The van der Waals surface area contributed by atoms with E-state index < -0.39 is 0 Å². The molecule has 2 N–H and O–H groups in total. The minimum absolute atomic E-state index is 0.705. The predicted molar refractivity (Wildman–Crippen MR) is 97.6 cm³/mol. The van der Waals surface area contributed by atoms with Crippen LogP contribution in [0.1, 0.15) is 18.1 Å². The molecular weight excluding hydrogens is 302 g/mol. The zero-order valence-corrected chi connectivity index (χ0v) is 14.7. The predicted octanol–water partition coefficient (Wildman–Crippen LogP) is 2.00. The van der Waals surface area contributed by atoms with Gasteiger partial charge in [0.2, 0.25) is 0 Å². The highest BCUT2D eigenvalue weighted by Crippen LogP contribution is 2.20. The van der Waals surface area contributed by atoms with Crippen molar-refractivity contribution in [3.63, 3.8) is 0 Å². The monoisotopic (exact) mass is 329 g/mol. The van der Waals surface area contributed by atoms with E-state index in [1.54, 1.807) is 13.3 Å². The first-order valence-electron chi connectivity index (χ1n) is 8.36. The van der Waals surface area contributed by atoms with Crippen LogP contribution in [0.3, 0.4) is 0 Å². The molecule has 0 aliphatic rings. The number of nitrogens with one attached hydrogen (secondary N) is 2. The summed E-state index contributed by atoms with van der Waals surface area (Å²) in [6.45, 7) is 7.28. The van der Waals surface area contributed by atoms with Crippen LogP contribution < -0.4 is 15.4 Å². The molecule has 24 heavy (non-hydrogen) atoms. The van der Waals surface area contributed by atoms with Crippen LogP contribution in [-0.4, -0.2) is 42.5 Å². The number of benzene rings is 1. The number of aliphatic imine (C=N–C) groups is 1. The van der Waals surface area contributed by atoms with Gasteiger partial charge in [-0.05, 0) is 38.0 Å². The van der Waals surface area contributed by atoms with E-state index in [2.05, 4.69) is 46.7 Å². The molecule has 1 aromatic carbocycles. The summed E-state index contributed by atoms with van der Waals surface area (Å²) in [6, 6.07) is 8.16. The van der Waals surface area contributed by atoms with E-state index in [0.29, 0.717) is 6.54 Å². The number of ether oxygens (including phenoxy) is 1. The van der Waals surface area contributed by atoms with Gasteiger partial charge in [-0.3, -0.25) is 9.67 Å². The summed E-state index contributed by atoms with van der Waals surface area (Å²) in [7, 11) is 1.71. The van der Waals surface area contributed by atoms with Crippen molar-refractivity contribution >= 4 is 5.96 Å². The van der Waals surface area contributed by atoms with Crippen LogP contribution in [0.2, 0.25) is 0 Å². The Kier molecular flexibility index (Phi) is 7.14. The van der Waals surface area contributed by atoms with Gasteiger partial charge in [-0.1, -0.05) is 17.7 Å². The Morgan fingerprint density at radius 3 is 2.92 bits per heavy atom. The van der Waals surface area contributed by atoms with Crippen molar-refractivity contribution in [3.05, 3.63) is 47.8 Å². The van der Waals surface area contributed by atoms with Gasteiger partial charge in [0.25, 0.3) is 0 Å². The average Bonchev–Trinajstić information content (AvgIpc) is 3.08. The van der Waals surface area contributed by atoms with Gasteiger partial charge in [0.05, 0.1) is 13.7 Å². The molecule has 1 heterocycles. The van der Waals surface area contributed by atoms with Gasteiger partial charge in [0.15, 0.2) is 5.96 Å². The average molecular weight is 329 g/mol. The molecular formula is C18H27N5O. The summed E-state index contributed by atoms with van der Waals surface area (Å²) >= 11 is 0. The number of hydrogen-bond acceptors (Lipinski definition) is 3. The first kappa shape index (κ1) is 17.8. The maximum absolute atomic E-state index is 5.42. The highest BCUT2D eigenvalue weighted by molar-refractivity contribution is 5.79. The van der Waals surface area contributed by atoms with E-state index in [1.807, 2.05) is 23.0 Å². The van der Waals surface area contributed by atoms with Crippen LogP contribution in [-0.2, 0) is 13.0 Å². The molecule has 6 nitrogen and oxygen atoms in total. The maximum atomic E-state index is 5.42. The lowest BCUT2D eigenvalue weighted by atomic mass is 10.1. The van der Waals surface area contributed by atoms with Crippen molar-refractivity contribution in [3.8, 4) is 5.75 Å². The minimum Gasteiger partial charge on any atom is -0.496 e. The van der Waals surface area contributed by atoms with E-state index >= 15 is 0 Å². The van der Waals surface area contributed by atoms with Gasteiger partial charge in [0.1, 0.15) is 5.75 Å². The highest BCUT2D eigenvalue weighted by atomic mass is 16.5. The van der Waals surface area contributed by atoms with E-state index in [0.717, 1.165) is 37.8 Å².